The summed E-state index contributed by atoms with van der Waals surface area (Å²) >= 11 is 0. The number of aliphatic imine (C=N–C) groups is 1. The summed E-state index contributed by atoms with van der Waals surface area (Å²) in [6.07, 6.45) is 6.94. The largest absolute Gasteiger partial charge is 0.310 e. The Balaban J connectivity index is 0.00000147. The van der Waals surface area contributed by atoms with Crippen molar-refractivity contribution in [1.29, 1.82) is 0 Å². The Bertz CT molecular complexity index is 572. The normalized spacial score (nSPS) is 16.8. The van der Waals surface area contributed by atoms with E-state index in [0.29, 0.717) is 0 Å². The standard InChI is InChI=1S/C16H18N2O.CH4/c1-2-4-12-5-3-6-14-13(12)8-10-18-15(14)7-9-17-11-16(18)19;/h3,5-7,9H,2,4,8,10-11H2,1H3;1H4. The Hall–Kier alpha value is -1.90. The molecular weight excluding hydrogens is 248 g/mol. The Morgan fingerprint density at radius 2 is 2.20 bits per heavy atom. The quantitative estimate of drug-likeness (QED) is 0.813. The predicted octanol–water partition coefficient (Wildman–Crippen LogP) is 3.09. The molecule has 0 N–H and O–H groups in total. The van der Waals surface area contributed by atoms with Crippen molar-refractivity contribution in [1.82, 2.24) is 4.90 Å². The predicted molar refractivity (Wildman–Crippen MR) is 83.9 cm³/mol. The summed E-state index contributed by atoms with van der Waals surface area (Å²) in [4.78, 5) is 18.0. The molecule has 0 aromatic heterocycles. The summed E-state index contributed by atoms with van der Waals surface area (Å²) in [5.74, 6) is 0.103. The van der Waals surface area contributed by atoms with Crippen LogP contribution in [0.1, 0.15) is 37.5 Å². The highest BCUT2D eigenvalue weighted by Crippen LogP contribution is 2.31. The number of allylic oxidation sites excluding steroid dienone is 1. The van der Waals surface area contributed by atoms with Gasteiger partial charge in [0, 0.05) is 18.3 Å². The van der Waals surface area contributed by atoms with Gasteiger partial charge < -0.3 is 4.90 Å². The van der Waals surface area contributed by atoms with Crippen LogP contribution in [0.15, 0.2) is 29.3 Å². The molecule has 0 aliphatic carbocycles. The van der Waals surface area contributed by atoms with E-state index in [2.05, 4.69) is 30.1 Å². The molecule has 3 heteroatoms. The average Bonchev–Trinajstić information content (AvgIpc) is 2.62. The molecule has 106 valence electrons. The molecule has 1 aromatic carbocycles. The van der Waals surface area contributed by atoms with Gasteiger partial charge in [-0.2, -0.15) is 0 Å². The van der Waals surface area contributed by atoms with Crippen molar-refractivity contribution < 1.29 is 4.79 Å². The smallest absolute Gasteiger partial charge is 0.248 e. The Morgan fingerprint density at radius 1 is 1.35 bits per heavy atom. The maximum atomic E-state index is 12.0. The second kappa shape index (κ2) is 6.04. The third-order valence-electron chi connectivity index (χ3n) is 3.81. The summed E-state index contributed by atoms with van der Waals surface area (Å²) in [5.41, 5.74) is 5.06. The number of hydrogen-bond acceptors (Lipinski definition) is 2. The molecule has 0 saturated carbocycles. The Kier molecular flexibility index (Phi) is 4.38. The first-order chi connectivity index (χ1) is 9.31. The number of aryl methyl sites for hydroxylation is 1. The molecule has 3 nitrogen and oxygen atoms in total. The summed E-state index contributed by atoms with van der Waals surface area (Å²) in [6.45, 7) is 3.25. The fourth-order valence-electron chi connectivity index (χ4n) is 2.94. The van der Waals surface area contributed by atoms with Crippen molar-refractivity contribution in [3.8, 4) is 0 Å². The molecule has 0 radical (unpaired) electrons. The van der Waals surface area contributed by atoms with Gasteiger partial charge in [-0.3, -0.25) is 9.79 Å². The molecular formula is C17H22N2O. The van der Waals surface area contributed by atoms with E-state index in [1.165, 1.54) is 16.7 Å². The summed E-state index contributed by atoms with van der Waals surface area (Å²) in [6, 6.07) is 6.44. The van der Waals surface area contributed by atoms with Crippen LogP contribution in [0.3, 0.4) is 0 Å². The van der Waals surface area contributed by atoms with Gasteiger partial charge in [0.1, 0.15) is 6.54 Å². The number of fused-ring (bicyclic) bond motifs is 3. The zero-order valence-electron chi connectivity index (χ0n) is 11.2. The molecule has 0 bridgehead atoms. The number of carbonyl (C=O) groups excluding carboxylic acids is 1. The van der Waals surface area contributed by atoms with Gasteiger partial charge in [-0.05, 0) is 30.0 Å². The molecule has 1 aromatic rings. The van der Waals surface area contributed by atoms with Gasteiger partial charge in [-0.15, -0.1) is 0 Å². The van der Waals surface area contributed by atoms with E-state index in [0.717, 1.165) is 31.5 Å². The number of carbonyl (C=O) groups is 1. The fourth-order valence-corrected chi connectivity index (χ4v) is 2.94. The zero-order chi connectivity index (χ0) is 13.2. The van der Waals surface area contributed by atoms with Crippen LogP contribution < -0.4 is 0 Å². The van der Waals surface area contributed by atoms with Gasteiger partial charge in [0.05, 0.1) is 5.70 Å². The van der Waals surface area contributed by atoms with Gasteiger partial charge in [0.25, 0.3) is 0 Å². The average molecular weight is 270 g/mol. The topological polar surface area (TPSA) is 32.7 Å². The SMILES string of the molecule is C.CCCc1cccc2c1CCN1C(=O)CN=CC=C21. The monoisotopic (exact) mass is 270 g/mol. The molecule has 0 spiro atoms. The van der Waals surface area contributed by atoms with E-state index >= 15 is 0 Å². The first kappa shape index (κ1) is 14.5. The molecule has 2 aliphatic heterocycles. The Labute approximate surface area is 121 Å². The lowest BCUT2D eigenvalue weighted by Crippen LogP contribution is -2.36. The zero-order valence-corrected chi connectivity index (χ0v) is 11.2. The van der Waals surface area contributed by atoms with E-state index in [1.807, 2.05) is 11.0 Å². The van der Waals surface area contributed by atoms with Crippen LogP contribution in [-0.4, -0.2) is 30.1 Å². The van der Waals surface area contributed by atoms with Crippen molar-refractivity contribution >= 4 is 17.8 Å². The van der Waals surface area contributed by atoms with Crippen molar-refractivity contribution in [3.05, 3.63) is 41.0 Å². The third-order valence-corrected chi connectivity index (χ3v) is 3.81. The van der Waals surface area contributed by atoms with Crippen LogP contribution in [0, 0.1) is 0 Å². The number of hydrogen-bond donors (Lipinski definition) is 0. The van der Waals surface area contributed by atoms with Crippen LogP contribution in [0.25, 0.3) is 5.70 Å². The van der Waals surface area contributed by atoms with E-state index in [9.17, 15) is 4.79 Å². The van der Waals surface area contributed by atoms with E-state index < -0.39 is 0 Å². The van der Waals surface area contributed by atoms with Crippen molar-refractivity contribution in [2.75, 3.05) is 13.1 Å². The minimum atomic E-state index is 0. The lowest BCUT2D eigenvalue weighted by Gasteiger charge is -2.31. The molecule has 1 amide bonds. The highest BCUT2D eigenvalue weighted by molar-refractivity contribution is 5.97. The van der Waals surface area contributed by atoms with Crippen LogP contribution in [0.4, 0.5) is 0 Å². The highest BCUT2D eigenvalue weighted by atomic mass is 16.2. The van der Waals surface area contributed by atoms with Gasteiger partial charge in [-0.1, -0.05) is 39.0 Å². The second-order valence-corrected chi connectivity index (χ2v) is 5.03. The van der Waals surface area contributed by atoms with Gasteiger partial charge in [0.15, 0.2) is 0 Å². The van der Waals surface area contributed by atoms with Crippen molar-refractivity contribution in [2.45, 2.75) is 33.6 Å². The number of nitrogens with zero attached hydrogens (tertiary/aromatic N) is 2. The summed E-state index contributed by atoms with van der Waals surface area (Å²) in [7, 11) is 0. The molecule has 2 aliphatic rings. The second-order valence-electron chi connectivity index (χ2n) is 5.03. The molecule has 0 unspecified atom stereocenters. The van der Waals surface area contributed by atoms with Crippen molar-refractivity contribution in [3.63, 3.8) is 0 Å². The highest BCUT2D eigenvalue weighted by Gasteiger charge is 2.27. The third kappa shape index (κ3) is 2.40. The molecule has 0 fully saturated rings. The van der Waals surface area contributed by atoms with E-state index in [1.54, 1.807) is 6.21 Å². The lowest BCUT2D eigenvalue weighted by molar-refractivity contribution is -0.126. The van der Waals surface area contributed by atoms with Gasteiger partial charge >= 0.3 is 0 Å². The molecule has 0 atom stereocenters. The van der Waals surface area contributed by atoms with Crippen LogP contribution >= 0.6 is 0 Å². The Morgan fingerprint density at radius 3 is 3.00 bits per heavy atom. The van der Waals surface area contributed by atoms with E-state index in [-0.39, 0.29) is 19.9 Å². The minimum absolute atomic E-state index is 0. The van der Waals surface area contributed by atoms with Crippen LogP contribution in [0.2, 0.25) is 0 Å². The summed E-state index contributed by atoms with van der Waals surface area (Å²) in [5, 5.41) is 0. The van der Waals surface area contributed by atoms with Gasteiger partial charge in [-0.25, -0.2) is 0 Å². The van der Waals surface area contributed by atoms with Gasteiger partial charge in [0.2, 0.25) is 5.91 Å². The maximum Gasteiger partial charge on any atom is 0.248 e. The lowest BCUT2D eigenvalue weighted by atomic mass is 9.90. The number of amides is 1. The first-order valence-electron chi connectivity index (χ1n) is 6.93. The van der Waals surface area contributed by atoms with Crippen molar-refractivity contribution in [2.24, 2.45) is 4.99 Å². The van der Waals surface area contributed by atoms with E-state index in [4.69, 9.17) is 0 Å². The van der Waals surface area contributed by atoms with Crippen LogP contribution in [0.5, 0.6) is 0 Å². The fraction of sp³-hybridized carbons (Fsp3) is 0.412. The number of benzene rings is 1. The molecule has 3 rings (SSSR count). The molecule has 2 heterocycles. The van der Waals surface area contributed by atoms with Crippen LogP contribution in [-0.2, 0) is 17.6 Å². The summed E-state index contributed by atoms with van der Waals surface area (Å²) < 4.78 is 0. The molecule has 0 saturated heterocycles. The first-order valence-corrected chi connectivity index (χ1v) is 6.93. The minimum Gasteiger partial charge on any atom is -0.310 e. The number of rotatable bonds is 2. The maximum absolute atomic E-state index is 12.0. The molecule has 20 heavy (non-hydrogen) atoms.